The van der Waals surface area contributed by atoms with Crippen LogP contribution in [0.15, 0.2) is 35.4 Å². The molecular weight excluding hydrogens is 249 g/mol. The average Bonchev–Trinajstić information content (AvgIpc) is 2.65. The van der Waals surface area contributed by atoms with Crippen molar-refractivity contribution in [2.24, 2.45) is 0 Å². The first-order valence-corrected chi connectivity index (χ1v) is 6.41. The van der Waals surface area contributed by atoms with Crippen LogP contribution in [0.2, 0.25) is 5.02 Å². The molecule has 1 atom stereocenters. The zero-order valence-electron chi connectivity index (χ0n) is 8.28. The number of allylic oxidation sites excluding steroid dienone is 1. The van der Waals surface area contributed by atoms with Gasteiger partial charge in [-0.3, -0.25) is 0 Å². The van der Waals surface area contributed by atoms with Gasteiger partial charge in [0.1, 0.15) is 0 Å². The Kier molecular flexibility index (Phi) is 3.49. The lowest BCUT2D eigenvalue weighted by molar-refractivity contribution is 0.549. The Morgan fingerprint density at radius 1 is 1.33 bits per heavy atom. The summed E-state index contributed by atoms with van der Waals surface area (Å²) in [5.41, 5.74) is 1.09. The van der Waals surface area contributed by atoms with E-state index in [1.807, 2.05) is 31.3 Å². The normalized spacial score (nSPS) is 17.8. The minimum Gasteiger partial charge on any atom is -0.370 e. The summed E-state index contributed by atoms with van der Waals surface area (Å²) in [5.74, 6) is 0.978. The van der Waals surface area contributed by atoms with Crippen LogP contribution < -0.4 is 0 Å². The maximum absolute atomic E-state index is 6.37. The van der Waals surface area contributed by atoms with Gasteiger partial charge in [0, 0.05) is 23.2 Å². The Balaban J connectivity index is 2.17. The SMILES string of the molecule is CN1C=C(C(Cl)c2ccc(Cl)cc2)SC1. The predicted molar refractivity (Wildman–Crippen MR) is 68.4 cm³/mol. The zero-order chi connectivity index (χ0) is 10.8. The molecule has 0 radical (unpaired) electrons. The highest BCUT2D eigenvalue weighted by atomic mass is 35.5. The molecule has 1 nitrogen and oxygen atoms in total. The second-order valence-electron chi connectivity index (χ2n) is 3.48. The van der Waals surface area contributed by atoms with Crippen molar-refractivity contribution < 1.29 is 0 Å². The van der Waals surface area contributed by atoms with Crippen LogP contribution in [0.25, 0.3) is 0 Å². The molecule has 1 aliphatic heterocycles. The Labute approximate surface area is 104 Å². The Morgan fingerprint density at radius 2 is 2.00 bits per heavy atom. The van der Waals surface area contributed by atoms with Crippen LogP contribution in [0, 0.1) is 0 Å². The van der Waals surface area contributed by atoms with Gasteiger partial charge in [0.05, 0.1) is 11.3 Å². The van der Waals surface area contributed by atoms with Crippen molar-refractivity contribution in [3.63, 3.8) is 0 Å². The van der Waals surface area contributed by atoms with Gasteiger partial charge >= 0.3 is 0 Å². The average molecular weight is 260 g/mol. The summed E-state index contributed by atoms with van der Waals surface area (Å²) in [6.45, 7) is 0. The predicted octanol–water partition coefficient (Wildman–Crippen LogP) is 4.10. The number of hydrogen-bond acceptors (Lipinski definition) is 2. The first-order valence-electron chi connectivity index (χ1n) is 4.61. The lowest BCUT2D eigenvalue weighted by Crippen LogP contribution is -2.02. The van der Waals surface area contributed by atoms with Crippen molar-refractivity contribution in [3.05, 3.63) is 46.0 Å². The molecule has 0 N–H and O–H groups in total. The maximum atomic E-state index is 6.37. The Bertz CT molecular complexity index is 375. The van der Waals surface area contributed by atoms with Crippen LogP contribution in [-0.2, 0) is 0 Å². The van der Waals surface area contributed by atoms with E-state index in [0.717, 1.165) is 16.5 Å². The monoisotopic (exact) mass is 259 g/mol. The molecule has 1 heterocycles. The van der Waals surface area contributed by atoms with E-state index in [2.05, 4.69) is 11.1 Å². The lowest BCUT2D eigenvalue weighted by atomic mass is 10.1. The number of nitrogens with zero attached hydrogens (tertiary/aromatic N) is 1. The maximum Gasteiger partial charge on any atom is 0.0908 e. The minimum absolute atomic E-state index is 0.0581. The molecule has 1 aromatic carbocycles. The fraction of sp³-hybridized carbons (Fsp3) is 0.273. The van der Waals surface area contributed by atoms with Crippen LogP contribution in [0.3, 0.4) is 0 Å². The van der Waals surface area contributed by atoms with Gasteiger partial charge in [0.2, 0.25) is 0 Å². The van der Waals surface area contributed by atoms with E-state index < -0.39 is 0 Å². The van der Waals surface area contributed by atoms with Gasteiger partial charge < -0.3 is 4.90 Å². The third kappa shape index (κ3) is 2.63. The van der Waals surface area contributed by atoms with E-state index in [1.165, 1.54) is 4.91 Å². The molecule has 0 aromatic heterocycles. The number of halogens is 2. The smallest absolute Gasteiger partial charge is 0.0908 e. The highest BCUT2D eigenvalue weighted by Crippen LogP contribution is 2.39. The molecule has 1 aromatic rings. The number of benzene rings is 1. The molecule has 0 aliphatic carbocycles. The lowest BCUT2D eigenvalue weighted by Gasteiger charge is -2.09. The van der Waals surface area contributed by atoms with E-state index in [0.29, 0.717) is 0 Å². The van der Waals surface area contributed by atoms with Crippen molar-refractivity contribution >= 4 is 35.0 Å². The minimum atomic E-state index is -0.0581. The van der Waals surface area contributed by atoms with Crippen LogP contribution in [0.4, 0.5) is 0 Å². The third-order valence-corrected chi connectivity index (χ3v) is 4.27. The molecule has 0 bridgehead atoms. The molecule has 2 rings (SSSR count). The van der Waals surface area contributed by atoms with Gasteiger partial charge in [0.25, 0.3) is 0 Å². The van der Waals surface area contributed by atoms with Crippen molar-refractivity contribution in [1.82, 2.24) is 4.90 Å². The fourth-order valence-electron chi connectivity index (χ4n) is 1.40. The molecule has 15 heavy (non-hydrogen) atoms. The summed E-state index contributed by atoms with van der Waals surface area (Å²) < 4.78 is 0. The molecule has 1 aliphatic rings. The molecule has 0 spiro atoms. The molecular formula is C11H11Cl2NS. The van der Waals surface area contributed by atoms with E-state index in [1.54, 1.807) is 11.8 Å². The second kappa shape index (κ2) is 4.69. The van der Waals surface area contributed by atoms with Gasteiger partial charge in [-0.2, -0.15) is 0 Å². The topological polar surface area (TPSA) is 3.24 Å². The molecule has 0 fully saturated rings. The van der Waals surface area contributed by atoms with Crippen molar-refractivity contribution in [2.45, 2.75) is 5.38 Å². The number of thioether (sulfide) groups is 1. The quantitative estimate of drug-likeness (QED) is 0.736. The third-order valence-electron chi connectivity index (χ3n) is 2.19. The van der Waals surface area contributed by atoms with E-state index >= 15 is 0 Å². The van der Waals surface area contributed by atoms with Crippen molar-refractivity contribution in [3.8, 4) is 0 Å². The highest BCUT2D eigenvalue weighted by molar-refractivity contribution is 8.03. The van der Waals surface area contributed by atoms with Crippen LogP contribution >= 0.6 is 35.0 Å². The number of hydrogen-bond donors (Lipinski definition) is 0. The van der Waals surface area contributed by atoms with Gasteiger partial charge in [-0.05, 0) is 17.7 Å². The van der Waals surface area contributed by atoms with Gasteiger partial charge in [-0.1, -0.05) is 23.7 Å². The van der Waals surface area contributed by atoms with Crippen LogP contribution in [0.1, 0.15) is 10.9 Å². The first kappa shape index (κ1) is 11.2. The second-order valence-corrected chi connectivity index (χ2v) is 5.37. The number of rotatable bonds is 2. The fourth-order valence-corrected chi connectivity index (χ4v) is 2.88. The standard InChI is InChI=1S/C11H11Cl2NS/c1-14-6-10(15-7-14)11(13)8-2-4-9(12)5-3-8/h2-6,11H,7H2,1H3. The molecule has 1 unspecified atom stereocenters. The summed E-state index contributed by atoms with van der Waals surface area (Å²) in [6, 6.07) is 7.69. The molecule has 0 saturated heterocycles. The molecule has 4 heteroatoms. The van der Waals surface area contributed by atoms with E-state index in [-0.39, 0.29) is 5.38 Å². The first-order chi connectivity index (χ1) is 7.16. The summed E-state index contributed by atoms with van der Waals surface area (Å²) in [6.07, 6.45) is 2.09. The van der Waals surface area contributed by atoms with Crippen LogP contribution in [0.5, 0.6) is 0 Å². The number of alkyl halides is 1. The zero-order valence-corrected chi connectivity index (χ0v) is 10.6. The van der Waals surface area contributed by atoms with E-state index in [9.17, 15) is 0 Å². The molecule has 80 valence electrons. The van der Waals surface area contributed by atoms with Crippen molar-refractivity contribution in [2.75, 3.05) is 12.9 Å². The summed E-state index contributed by atoms with van der Waals surface area (Å²) in [4.78, 5) is 3.33. The summed E-state index contributed by atoms with van der Waals surface area (Å²) >= 11 is 14.0. The highest BCUT2D eigenvalue weighted by Gasteiger charge is 2.19. The van der Waals surface area contributed by atoms with Gasteiger partial charge in [-0.25, -0.2) is 0 Å². The van der Waals surface area contributed by atoms with Crippen molar-refractivity contribution in [1.29, 1.82) is 0 Å². The Morgan fingerprint density at radius 3 is 2.53 bits per heavy atom. The summed E-state index contributed by atoms with van der Waals surface area (Å²) in [7, 11) is 2.05. The molecule has 0 saturated carbocycles. The Hall–Kier alpha value is -0.310. The van der Waals surface area contributed by atoms with Gasteiger partial charge in [-0.15, -0.1) is 23.4 Å². The largest absolute Gasteiger partial charge is 0.370 e. The molecule has 0 amide bonds. The van der Waals surface area contributed by atoms with Gasteiger partial charge in [0.15, 0.2) is 0 Å². The summed E-state index contributed by atoms with van der Waals surface area (Å²) in [5, 5.41) is 0.685. The van der Waals surface area contributed by atoms with E-state index in [4.69, 9.17) is 23.2 Å². The van der Waals surface area contributed by atoms with Crippen LogP contribution in [-0.4, -0.2) is 17.8 Å².